The van der Waals surface area contributed by atoms with Gasteiger partial charge in [0, 0.05) is 12.6 Å². The van der Waals surface area contributed by atoms with Crippen molar-refractivity contribution < 1.29 is 14.1 Å². The van der Waals surface area contributed by atoms with Crippen molar-refractivity contribution in [1.82, 2.24) is 10.1 Å². The summed E-state index contributed by atoms with van der Waals surface area (Å²) in [4.78, 5) is 13.7. The summed E-state index contributed by atoms with van der Waals surface area (Å²) in [6.45, 7) is 6.23. The van der Waals surface area contributed by atoms with Gasteiger partial charge < -0.3 is 15.0 Å². The molecule has 1 fully saturated rings. The number of nitrogen functional groups attached to an aromatic ring is 1. The fourth-order valence-corrected chi connectivity index (χ4v) is 2.07. The van der Waals surface area contributed by atoms with Gasteiger partial charge in [-0.05, 0) is 33.6 Å². The average Bonchev–Trinajstić information content (AvgIpc) is 2.81. The first kappa shape index (κ1) is 12.7. The number of ether oxygens (including phenoxy) is 1. The molecule has 1 unspecified atom stereocenters. The number of hydrogen-bond acceptors (Lipinski definition) is 5. The van der Waals surface area contributed by atoms with E-state index in [1.54, 1.807) is 11.0 Å². The Labute approximate surface area is 106 Å². The van der Waals surface area contributed by atoms with E-state index in [9.17, 15) is 4.79 Å². The van der Waals surface area contributed by atoms with Crippen LogP contribution in [-0.2, 0) is 4.74 Å². The summed E-state index contributed by atoms with van der Waals surface area (Å²) in [6.07, 6.45) is 1.47. The molecule has 0 bridgehead atoms. The first-order valence-corrected chi connectivity index (χ1v) is 6.08. The molecule has 1 aromatic heterocycles. The van der Waals surface area contributed by atoms with Gasteiger partial charge in [0.2, 0.25) is 5.88 Å². The summed E-state index contributed by atoms with van der Waals surface area (Å²) in [7, 11) is 0. The summed E-state index contributed by atoms with van der Waals surface area (Å²) in [5, 5.41) is 3.88. The lowest BCUT2D eigenvalue weighted by molar-refractivity contribution is 0.0219. The van der Waals surface area contributed by atoms with Crippen LogP contribution in [0.3, 0.4) is 0 Å². The Morgan fingerprint density at radius 3 is 2.89 bits per heavy atom. The molecule has 1 aliphatic heterocycles. The van der Waals surface area contributed by atoms with Gasteiger partial charge in [-0.3, -0.25) is 4.90 Å². The van der Waals surface area contributed by atoms with Gasteiger partial charge in [-0.2, -0.15) is 0 Å². The van der Waals surface area contributed by atoms with E-state index in [4.69, 9.17) is 15.0 Å². The number of anilines is 1. The van der Waals surface area contributed by atoms with Gasteiger partial charge in [-0.1, -0.05) is 5.16 Å². The van der Waals surface area contributed by atoms with Crippen LogP contribution in [0.25, 0.3) is 0 Å². The number of aromatic nitrogens is 1. The van der Waals surface area contributed by atoms with Crippen molar-refractivity contribution in [2.24, 2.45) is 0 Å². The van der Waals surface area contributed by atoms with Gasteiger partial charge in [0.1, 0.15) is 11.3 Å². The van der Waals surface area contributed by atoms with Crippen molar-refractivity contribution in [1.29, 1.82) is 0 Å². The minimum absolute atomic E-state index is 0.0964. The monoisotopic (exact) mass is 253 g/mol. The van der Waals surface area contributed by atoms with Crippen LogP contribution in [0.1, 0.15) is 45.3 Å². The normalized spacial score (nSPS) is 20.2. The molecule has 0 radical (unpaired) electrons. The van der Waals surface area contributed by atoms with Gasteiger partial charge in [-0.15, -0.1) is 0 Å². The number of carbonyl (C=O) groups is 1. The van der Waals surface area contributed by atoms with E-state index in [0.717, 1.165) is 12.8 Å². The number of nitrogens with zero attached hydrogens (tertiary/aromatic N) is 2. The molecule has 2 heterocycles. The van der Waals surface area contributed by atoms with Crippen molar-refractivity contribution in [3.05, 3.63) is 11.8 Å². The zero-order valence-corrected chi connectivity index (χ0v) is 11.0. The highest BCUT2D eigenvalue weighted by molar-refractivity contribution is 5.69. The van der Waals surface area contributed by atoms with E-state index < -0.39 is 5.60 Å². The molecule has 18 heavy (non-hydrogen) atoms. The van der Waals surface area contributed by atoms with E-state index >= 15 is 0 Å². The Balaban J connectivity index is 2.10. The van der Waals surface area contributed by atoms with E-state index in [2.05, 4.69) is 5.16 Å². The first-order valence-electron chi connectivity index (χ1n) is 6.08. The molecule has 0 saturated carbocycles. The maximum Gasteiger partial charge on any atom is 0.410 e. The average molecular weight is 253 g/mol. The molecular weight excluding hydrogens is 234 g/mol. The van der Waals surface area contributed by atoms with Crippen LogP contribution in [0.15, 0.2) is 10.6 Å². The second kappa shape index (κ2) is 4.51. The molecule has 0 aromatic carbocycles. The number of nitrogens with two attached hydrogens (primary N) is 1. The van der Waals surface area contributed by atoms with E-state index in [1.807, 2.05) is 20.8 Å². The van der Waals surface area contributed by atoms with Gasteiger partial charge >= 0.3 is 6.09 Å². The van der Waals surface area contributed by atoms with Crippen LogP contribution in [0.2, 0.25) is 0 Å². The molecule has 2 rings (SSSR count). The molecule has 1 saturated heterocycles. The third kappa shape index (κ3) is 2.75. The maximum absolute atomic E-state index is 12.1. The SMILES string of the molecule is CC(C)(C)OC(=O)N1CCCC1c1cc(N)on1. The molecule has 1 atom stereocenters. The van der Waals surface area contributed by atoms with Crippen molar-refractivity contribution in [2.75, 3.05) is 12.3 Å². The van der Waals surface area contributed by atoms with Crippen LogP contribution < -0.4 is 5.73 Å². The Morgan fingerprint density at radius 2 is 2.33 bits per heavy atom. The fraction of sp³-hybridized carbons (Fsp3) is 0.667. The van der Waals surface area contributed by atoms with Crippen LogP contribution in [-0.4, -0.2) is 28.3 Å². The summed E-state index contributed by atoms with van der Waals surface area (Å²) >= 11 is 0. The van der Waals surface area contributed by atoms with Crippen molar-refractivity contribution in [3.8, 4) is 0 Å². The zero-order chi connectivity index (χ0) is 13.3. The molecule has 0 aliphatic carbocycles. The van der Waals surface area contributed by atoms with Gasteiger partial charge in [0.15, 0.2) is 0 Å². The lowest BCUT2D eigenvalue weighted by atomic mass is 10.1. The van der Waals surface area contributed by atoms with E-state index in [-0.39, 0.29) is 18.0 Å². The summed E-state index contributed by atoms with van der Waals surface area (Å²) in [5.41, 5.74) is 5.70. The van der Waals surface area contributed by atoms with Gasteiger partial charge in [-0.25, -0.2) is 4.79 Å². The Kier molecular flexibility index (Phi) is 3.19. The molecule has 100 valence electrons. The molecule has 6 heteroatoms. The smallest absolute Gasteiger partial charge is 0.410 e. The molecule has 0 spiro atoms. The maximum atomic E-state index is 12.1. The lowest BCUT2D eigenvalue weighted by Crippen LogP contribution is -2.36. The largest absolute Gasteiger partial charge is 0.444 e. The van der Waals surface area contributed by atoms with Crippen LogP contribution in [0, 0.1) is 0 Å². The van der Waals surface area contributed by atoms with Gasteiger partial charge in [0.25, 0.3) is 0 Å². The summed E-state index contributed by atoms with van der Waals surface area (Å²) in [6, 6.07) is 1.56. The number of amides is 1. The Hall–Kier alpha value is -1.72. The van der Waals surface area contributed by atoms with Gasteiger partial charge in [0.05, 0.1) is 6.04 Å². The first-order chi connectivity index (χ1) is 8.37. The molecule has 1 aliphatic rings. The third-order valence-electron chi connectivity index (χ3n) is 2.77. The Morgan fingerprint density at radius 1 is 1.61 bits per heavy atom. The third-order valence-corrected chi connectivity index (χ3v) is 2.77. The number of likely N-dealkylation sites (tertiary alicyclic amines) is 1. The molecular formula is C12H19N3O3. The van der Waals surface area contributed by atoms with Crippen molar-refractivity contribution >= 4 is 12.0 Å². The number of carbonyl (C=O) groups excluding carboxylic acids is 1. The van der Waals surface area contributed by atoms with Crippen molar-refractivity contribution in [3.63, 3.8) is 0 Å². The minimum Gasteiger partial charge on any atom is -0.444 e. The van der Waals surface area contributed by atoms with Crippen LogP contribution in [0.4, 0.5) is 10.7 Å². The molecule has 1 amide bonds. The predicted molar refractivity (Wildman–Crippen MR) is 65.8 cm³/mol. The van der Waals surface area contributed by atoms with Crippen molar-refractivity contribution in [2.45, 2.75) is 45.3 Å². The standard InChI is InChI=1S/C12H19N3O3/c1-12(2,3)17-11(16)15-6-4-5-9(15)8-7-10(13)18-14-8/h7,9H,4-6,13H2,1-3H3. The van der Waals surface area contributed by atoms with Crippen LogP contribution >= 0.6 is 0 Å². The quantitative estimate of drug-likeness (QED) is 0.830. The Bertz CT molecular complexity index is 436. The molecule has 2 N–H and O–H groups in total. The predicted octanol–water partition coefficient (Wildman–Crippen LogP) is 2.33. The second-order valence-corrected chi connectivity index (χ2v) is 5.49. The lowest BCUT2D eigenvalue weighted by Gasteiger charge is -2.27. The summed E-state index contributed by atoms with van der Waals surface area (Å²) in [5.74, 6) is 0.265. The molecule has 1 aromatic rings. The fourth-order valence-electron chi connectivity index (χ4n) is 2.07. The topological polar surface area (TPSA) is 81.6 Å². The molecule has 6 nitrogen and oxygen atoms in total. The van der Waals surface area contributed by atoms with Crippen LogP contribution in [0.5, 0.6) is 0 Å². The van der Waals surface area contributed by atoms with E-state index in [1.165, 1.54) is 0 Å². The minimum atomic E-state index is -0.493. The second-order valence-electron chi connectivity index (χ2n) is 5.49. The number of rotatable bonds is 1. The highest BCUT2D eigenvalue weighted by Gasteiger charge is 2.34. The highest BCUT2D eigenvalue weighted by Crippen LogP contribution is 2.33. The summed E-state index contributed by atoms with van der Waals surface area (Å²) < 4.78 is 10.2. The number of hydrogen-bond donors (Lipinski definition) is 1. The van der Waals surface area contributed by atoms with E-state index in [0.29, 0.717) is 12.2 Å². The zero-order valence-electron chi connectivity index (χ0n) is 11.0. The highest BCUT2D eigenvalue weighted by atomic mass is 16.6.